The average Bonchev–Trinajstić information content (AvgIpc) is 2.27. The first-order valence-electron chi connectivity index (χ1n) is 5.48. The van der Waals surface area contributed by atoms with Crippen LogP contribution in [0.15, 0.2) is 11.8 Å². The first-order valence-corrected chi connectivity index (χ1v) is 6.62. The van der Waals surface area contributed by atoms with Gasteiger partial charge in [0.25, 0.3) is 3.79 Å². The van der Waals surface area contributed by atoms with Crippen LogP contribution in [0.4, 0.5) is 0 Å². The standard InChI is InChI=1S/C11H15Cl3O3/c1-3-7-5-9(16-4-2)17-6-8(7)10(15)11(12,13)14/h6-7,9H,3-5H2,1-2H3/t7-,9+/m0/s1. The Bertz CT molecular complexity index is 310. The van der Waals surface area contributed by atoms with Crippen LogP contribution < -0.4 is 0 Å². The first-order chi connectivity index (χ1) is 7.90. The molecule has 0 bridgehead atoms. The van der Waals surface area contributed by atoms with Gasteiger partial charge in [0, 0.05) is 18.6 Å². The van der Waals surface area contributed by atoms with Crippen molar-refractivity contribution in [2.24, 2.45) is 5.92 Å². The number of ether oxygens (including phenoxy) is 2. The number of ketones is 1. The van der Waals surface area contributed by atoms with E-state index in [0.717, 1.165) is 6.42 Å². The number of carbonyl (C=O) groups excluding carboxylic acids is 1. The highest BCUT2D eigenvalue weighted by Crippen LogP contribution is 2.36. The van der Waals surface area contributed by atoms with Gasteiger partial charge in [-0.05, 0) is 19.3 Å². The monoisotopic (exact) mass is 300 g/mol. The Labute approximate surface area is 116 Å². The summed E-state index contributed by atoms with van der Waals surface area (Å²) in [7, 11) is 0. The van der Waals surface area contributed by atoms with E-state index in [1.165, 1.54) is 6.26 Å². The molecule has 1 rings (SSSR count). The number of halogens is 3. The van der Waals surface area contributed by atoms with Gasteiger partial charge in [-0.25, -0.2) is 0 Å². The third-order valence-corrected chi connectivity index (χ3v) is 3.14. The highest BCUT2D eigenvalue weighted by molar-refractivity contribution is 6.77. The molecule has 0 aromatic carbocycles. The molecular formula is C11H15Cl3O3. The van der Waals surface area contributed by atoms with Gasteiger partial charge >= 0.3 is 0 Å². The quantitative estimate of drug-likeness (QED) is 0.744. The molecule has 0 unspecified atom stereocenters. The fourth-order valence-electron chi connectivity index (χ4n) is 1.74. The van der Waals surface area contributed by atoms with E-state index < -0.39 is 9.58 Å². The predicted molar refractivity (Wildman–Crippen MR) is 68.3 cm³/mol. The summed E-state index contributed by atoms with van der Waals surface area (Å²) in [5.41, 5.74) is 0.420. The third-order valence-electron chi connectivity index (χ3n) is 2.63. The lowest BCUT2D eigenvalue weighted by atomic mass is 9.89. The number of alkyl halides is 3. The molecule has 0 N–H and O–H groups in total. The SMILES string of the molecule is CCO[C@H]1C[C@H](CC)C(C(=O)C(Cl)(Cl)Cl)=CO1. The topological polar surface area (TPSA) is 35.5 Å². The Balaban J connectivity index is 2.81. The molecule has 0 aromatic rings. The van der Waals surface area contributed by atoms with Gasteiger partial charge in [0.05, 0.1) is 6.26 Å². The van der Waals surface area contributed by atoms with Crippen molar-refractivity contribution in [3.05, 3.63) is 11.8 Å². The smallest absolute Gasteiger partial charge is 0.253 e. The molecule has 17 heavy (non-hydrogen) atoms. The average molecular weight is 302 g/mol. The van der Waals surface area contributed by atoms with Gasteiger partial charge < -0.3 is 9.47 Å². The highest BCUT2D eigenvalue weighted by Gasteiger charge is 2.38. The Morgan fingerprint density at radius 3 is 2.65 bits per heavy atom. The largest absolute Gasteiger partial charge is 0.472 e. The van der Waals surface area contributed by atoms with E-state index in [1.807, 2.05) is 13.8 Å². The minimum absolute atomic E-state index is 0.00317. The Kier molecular flexibility index (Phi) is 5.58. The van der Waals surface area contributed by atoms with E-state index in [2.05, 4.69) is 0 Å². The Morgan fingerprint density at radius 2 is 2.18 bits per heavy atom. The van der Waals surface area contributed by atoms with E-state index in [4.69, 9.17) is 44.3 Å². The molecule has 2 atom stereocenters. The van der Waals surface area contributed by atoms with Crippen molar-refractivity contribution < 1.29 is 14.3 Å². The zero-order valence-electron chi connectivity index (χ0n) is 9.71. The number of hydrogen-bond acceptors (Lipinski definition) is 3. The summed E-state index contributed by atoms with van der Waals surface area (Å²) in [5.74, 6) is -0.521. The molecular weight excluding hydrogens is 286 g/mol. The molecule has 0 spiro atoms. The van der Waals surface area contributed by atoms with Crippen LogP contribution in [0.5, 0.6) is 0 Å². The van der Waals surface area contributed by atoms with Crippen molar-refractivity contribution in [2.45, 2.75) is 36.8 Å². The zero-order chi connectivity index (χ0) is 13.1. The molecule has 1 aliphatic rings. The van der Waals surface area contributed by atoms with Crippen molar-refractivity contribution in [3.63, 3.8) is 0 Å². The zero-order valence-corrected chi connectivity index (χ0v) is 12.0. The van der Waals surface area contributed by atoms with Crippen molar-refractivity contribution in [1.29, 1.82) is 0 Å². The number of hydrogen-bond donors (Lipinski definition) is 0. The van der Waals surface area contributed by atoms with Crippen molar-refractivity contribution in [2.75, 3.05) is 6.61 Å². The van der Waals surface area contributed by atoms with Crippen LogP contribution in [0.1, 0.15) is 26.7 Å². The van der Waals surface area contributed by atoms with Crippen LogP contribution in [0, 0.1) is 5.92 Å². The molecule has 98 valence electrons. The van der Waals surface area contributed by atoms with E-state index in [-0.39, 0.29) is 12.2 Å². The summed E-state index contributed by atoms with van der Waals surface area (Å²) in [5, 5.41) is 0. The van der Waals surface area contributed by atoms with E-state index in [0.29, 0.717) is 18.6 Å². The fraction of sp³-hybridized carbons (Fsp3) is 0.727. The van der Waals surface area contributed by atoms with Crippen molar-refractivity contribution in [1.82, 2.24) is 0 Å². The minimum atomic E-state index is -1.93. The van der Waals surface area contributed by atoms with Crippen LogP contribution in [-0.2, 0) is 14.3 Å². The summed E-state index contributed by atoms with van der Waals surface area (Å²) in [6, 6.07) is 0. The van der Waals surface area contributed by atoms with Crippen LogP contribution in [-0.4, -0.2) is 22.5 Å². The fourth-order valence-corrected chi connectivity index (χ4v) is 2.07. The molecule has 0 fully saturated rings. The molecule has 0 aliphatic carbocycles. The van der Waals surface area contributed by atoms with Crippen molar-refractivity contribution in [3.8, 4) is 0 Å². The van der Waals surface area contributed by atoms with Gasteiger partial charge in [-0.1, -0.05) is 41.7 Å². The van der Waals surface area contributed by atoms with Gasteiger partial charge in [0.2, 0.25) is 5.78 Å². The minimum Gasteiger partial charge on any atom is -0.472 e. The third kappa shape index (κ3) is 4.02. The van der Waals surface area contributed by atoms with Crippen LogP contribution in [0.2, 0.25) is 0 Å². The van der Waals surface area contributed by atoms with Crippen LogP contribution >= 0.6 is 34.8 Å². The Hall–Kier alpha value is 0.0400. The number of carbonyl (C=O) groups is 1. The molecule has 0 radical (unpaired) electrons. The van der Waals surface area contributed by atoms with Gasteiger partial charge in [0.15, 0.2) is 6.29 Å². The van der Waals surface area contributed by atoms with Gasteiger partial charge in [-0.15, -0.1) is 0 Å². The van der Waals surface area contributed by atoms with Crippen molar-refractivity contribution >= 4 is 40.6 Å². The molecule has 0 saturated carbocycles. The van der Waals surface area contributed by atoms with Crippen LogP contribution in [0.3, 0.4) is 0 Å². The molecule has 0 aromatic heterocycles. The second-order valence-electron chi connectivity index (χ2n) is 3.76. The maximum Gasteiger partial charge on any atom is 0.253 e. The summed E-state index contributed by atoms with van der Waals surface area (Å²) in [4.78, 5) is 11.9. The van der Waals surface area contributed by atoms with Gasteiger partial charge in [-0.3, -0.25) is 4.79 Å². The second-order valence-corrected chi connectivity index (χ2v) is 6.04. The lowest BCUT2D eigenvalue weighted by Crippen LogP contribution is -2.32. The molecule has 1 heterocycles. The Morgan fingerprint density at radius 1 is 1.53 bits per heavy atom. The molecule has 1 aliphatic heterocycles. The summed E-state index contributed by atoms with van der Waals surface area (Å²) in [6.07, 6.45) is 2.41. The van der Waals surface area contributed by atoms with E-state index in [1.54, 1.807) is 0 Å². The van der Waals surface area contributed by atoms with Gasteiger partial charge in [-0.2, -0.15) is 0 Å². The predicted octanol–water partition coefficient (Wildman–Crippen LogP) is 3.62. The summed E-state index contributed by atoms with van der Waals surface area (Å²) in [6.45, 7) is 4.41. The number of allylic oxidation sites excluding steroid dienone is 1. The molecule has 0 saturated heterocycles. The summed E-state index contributed by atoms with van der Waals surface area (Å²) >= 11 is 16.8. The number of Topliss-reactive ketones (excluding diaryl/α,β-unsaturated/α-hetero) is 1. The lowest BCUT2D eigenvalue weighted by molar-refractivity contribution is -0.128. The maximum atomic E-state index is 11.9. The second kappa shape index (κ2) is 6.28. The highest BCUT2D eigenvalue weighted by atomic mass is 35.6. The van der Waals surface area contributed by atoms with Gasteiger partial charge in [0.1, 0.15) is 0 Å². The first kappa shape index (κ1) is 15.1. The van der Waals surface area contributed by atoms with E-state index >= 15 is 0 Å². The van der Waals surface area contributed by atoms with E-state index in [9.17, 15) is 4.79 Å². The molecule has 6 heteroatoms. The van der Waals surface area contributed by atoms with Crippen LogP contribution in [0.25, 0.3) is 0 Å². The lowest BCUT2D eigenvalue weighted by Gasteiger charge is -2.29. The number of rotatable bonds is 4. The summed E-state index contributed by atoms with van der Waals surface area (Å²) < 4.78 is 8.72. The molecule has 0 amide bonds. The normalized spacial score (nSPS) is 25.1. The molecule has 3 nitrogen and oxygen atoms in total. The maximum absolute atomic E-state index is 11.9.